The lowest BCUT2D eigenvalue weighted by Gasteiger charge is -2.34. The number of hydrogen-bond acceptors (Lipinski definition) is 5. The summed E-state index contributed by atoms with van der Waals surface area (Å²) in [4.78, 5) is 29.9. The minimum Gasteiger partial charge on any atom is -0.497 e. The van der Waals surface area contributed by atoms with E-state index in [2.05, 4.69) is 5.32 Å². The zero-order valence-electron chi connectivity index (χ0n) is 26.8. The topological polar surface area (TPSA) is 96.0 Å². The highest BCUT2D eigenvalue weighted by molar-refractivity contribution is 7.92. The third-order valence-electron chi connectivity index (χ3n) is 7.88. The Balaban J connectivity index is 1.82. The molecule has 0 radical (unpaired) electrons. The SMILES string of the molecule is CCC(C)NC(=O)C(Cc1ccccc1)N(Cc1ccc(Cl)cc1Cl)C(=O)CN(c1ccc(C)cc1)S(=O)(=O)c1ccc(OC)cc1. The van der Waals surface area contributed by atoms with Crippen molar-refractivity contribution < 1.29 is 22.7 Å². The molecule has 4 aromatic carbocycles. The van der Waals surface area contributed by atoms with Gasteiger partial charge in [-0.1, -0.05) is 84.2 Å². The molecule has 0 aliphatic carbocycles. The predicted octanol–water partition coefficient (Wildman–Crippen LogP) is 7.06. The van der Waals surface area contributed by atoms with Crippen LogP contribution >= 0.6 is 23.2 Å². The number of carbonyl (C=O) groups excluding carboxylic acids is 2. The van der Waals surface area contributed by atoms with Crippen LogP contribution in [0.2, 0.25) is 10.0 Å². The monoisotopic (exact) mass is 695 g/mol. The Morgan fingerprint density at radius 3 is 2.17 bits per heavy atom. The number of nitrogens with zero attached hydrogens (tertiary/aromatic N) is 2. The van der Waals surface area contributed by atoms with Gasteiger partial charge in [-0.15, -0.1) is 0 Å². The van der Waals surface area contributed by atoms with Gasteiger partial charge in [0.15, 0.2) is 0 Å². The van der Waals surface area contributed by atoms with Gasteiger partial charge < -0.3 is 15.0 Å². The Morgan fingerprint density at radius 2 is 1.57 bits per heavy atom. The number of rotatable bonds is 14. The van der Waals surface area contributed by atoms with E-state index in [-0.39, 0.29) is 29.8 Å². The number of ether oxygens (including phenoxy) is 1. The smallest absolute Gasteiger partial charge is 0.264 e. The van der Waals surface area contributed by atoms with Crippen LogP contribution in [0.15, 0.2) is 102 Å². The fraction of sp³-hybridized carbons (Fsp3) is 0.278. The summed E-state index contributed by atoms with van der Waals surface area (Å²) in [5.41, 5.74) is 2.61. The number of nitrogens with one attached hydrogen (secondary N) is 1. The molecular weight excluding hydrogens is 657 g/mol. The van der Waals surface area contributed by atoms with E-state index in [9.17, 15) is 18.0 Å². The molecule has 4 aromatic rings. The Kier molecular flexibility index (Phi) is 12.3. The Labute approximate surface area is 287 Å². The second-order valence-electron chi connectivity index (χ2n) is 11.3. The second kappa shape index (κ2) is 16.2. The van der Waals surface area contributed by atoms with E-state index in [1.165, 1.54) is 24.1 Å². The van der Waals surface area contributed by atoms with Gasteiger partial charge in [0.2, 0.25) is 11.8 Å². The number of carbonyl (C=O) groups is 2. The van der Waals surface area contributed by atoms with Crippen LogP contribution in [0.5, 0.6) is 5.75 Å². The highest BCUT2D eigenvalue weighted by Gasteiger charge is 2.35. The van der Waals surface area contributed by atoms with Crippen molar-refractivity contribution >= 4 is 50.7 Å². The van der Waals surface area contributed by atoms with E-state index in [1.54, 1.807) is 54.6 Å². The maximum absolute atomic E-state index is 14.6. The van der Waals surface area contributed by atoms with Crippen molar-refractivity contribution in [2.75, 3.05) is 18.0 Å². The van der Waals surface area contributed by atoms with Gasteiger partial charge >= 0.3 is 0 Å². The number of benzene rings is 4. The summed E-state index contributed by atoms with van der Waals surface area (Å²) in [5.74, 6) is -0.459. The number of halogens is 2. The summed E-state index contributed by atoms with van der Waals surface area (Å²) in [5, 5.41) is 3.76. The summed E-state index contributed by atoms with van der Waals surface area (Å²) in [6.07, 6.45) is 0.873. The molecule has 2 unspecified atom stereocenters. The first kappa shape index (κ1) is 35.8. The normalized spacial score (nSPS) is 12.6. The standard InChI is InChI=1S/C36H39Cl2N3O5S/c1-5-26(3)39-36(43)34(21-27-9-7-6-8-10-27)40(23-28-13-14-29(37)22-33(28)38)35(42)24-41(30-15-11-25(2)12-16-30)47(44,45)32-19-17-31(46-4)18-20-32/h6-20,22,26,34H,5,21,23-24H2,1-4H3,(H,39,43). The average molecular weight is 697 g/mol. The summed E-state index contributed by atoms with van der Waals surface area (Å²) in [6, 6.07) is 26.0. The number of aryl methyl sites for hydroxylation is 1. The van der Waals surface area contributed by atoms with Crippen molar-refractivity contribution in [3.05, 3.63) is 124 Å². The fourth-order valence-electron chi connectivity index (χ4n) is 4.94. The quantitative estimate of drug-likeness (QED) is 0.152. The van der Waals surface area contributed by atoms with Crippen LogP contribution in [0, 0.1) is 6.92 Å². The molecule has 0 fully saturated rings. The van der Waals surface area contributed by atoms with Gasteiger partial charge in [-0.2, -0.15) is 0 Å². The van der Waals surface area contributed by atoms with Crippen LogP contribution in [0.4, 0.5) is 5.69 Å². The van der Waals surface area contributed by atoms with Crippen LogP contribution in [0.3, 0.4) is 0 Å². The lowest BCUT2D eigenvalue weighted by Crippen LogP contribution is -2.54. The lowest BCUT2D eigenvalue weighted by atomic mass is 10.0. The molecule has 11 heteroatoms. The highest BCUT2D eigenvalue weighted by Crippen LogP contribution is 2.28. The maximum Gasteiger partial charge on any atom is 0.264 e. The molecule has 0 aromatic heterocycles. The first-order chi connectivity index (χ1) is 22.4. The molecule has 4 rings (SSSR count). The molecular formula is C36H39Cl2N3O5S. The summed E-state index contributed by atoms with van der Waals surface area (Å²) in [6.45, 7) is 5.09. The van der Waals surface area contributed by atoms with Gasteiger partial charge in [0, 0.05) is 29.1 Å². The van der Waals surface area contributed by atoms with Crippen LogP contribution in [0.25, 0.3) is 0 Å². The molecule has 2 amide bonds. The van der Waals surface area contributed by atoms with Crippen LogP contribution < -0.4 is 14.4 Å². The van der Waals surface area contributed by atoms with Crippen molar-refractivity contribution in [2.45, 2.75) is 57.1 Å². The Bertz CT molecular complexity index is 1770. The molecule has 0 bridgehead atoms. The Hall–Kier alpha value is -4.05. The molecule has 47 heavy (non-hydrogen) atoms. The minimum absolute atomic E-state index is 0.0191. The van der Waals surface area contributed by atoms with Crippen molar-refractivity contribution in [2.24, 2.45) is 0 Å². The number of anilines is 1. The number of amides is 2. The lowest BCUT2D eigenvalue weighted by molar-refractivity contribution is -0.140. The van der Waals surface area contributed by atoms with Gasteiger partial charge in [-0.25, -0.2) is 8.42 Å². The molecule has 248 valence electrons. The Morgan fingerprint density at radius 1 is 0.915 bits per heavy atom. The molecule has 0 spiro atoms. The number of sulfonamides is 1. The summed E-state index contributed by atoms with van der Waals surface area (Å²) >= 11 is 12.8. The van der Waals surface area contributed by atoms with Crippen LogP contribution in [-0.4, -0.2) is 50.9 Å². The third kappa shape index (κ3) is 9.28. The summed E-state index contributed by atoms with van der Waals surface area (Å²) in [7, 11) is -2.76. The van der Waals surface area contributed by atoms with Crippen LogP contribution in [-0.2, 0) is 32.6 Å². The second-order valence-corrected chi connectivity index (χ2v) is 14.0. The minimum atomic E-state index is -4.25. The van der Waals surface area contributed by atoms with E-state index in [1.807, 2.05) is 51.1 Å². The van der Waals surface area contributed by atoms with Gasteiger partial charge in [0.05, 0.1) is 17.7 Å². The maximum atomic E-state index is 14.6. The third-order valence-corrected chi connectivity index (χ3v) is 10.3. The van der Waals surface area contributed by atoms with E-state index in [4.69, 9.17) is 27.9 Å². The van der Waals surface area contributed by atoms with E-state index in [0.717, 1.165) is 15.4 Å². The zero-order chi connectivity index (χ0) is 34.1. The van der Waals surface area contributed by atoms with E-state index >= 15 is 0 Å². The average Bonchev–Trinajstić information content (AvgIpc) is 3.06. The molecule has 2 atom stereocenters. The molecule has 0 saturated heterocycles. The first-order valence-corrected chi connectivity index (χ1v) is 17.4. The van der Waals surface area contributed by atoms with Gasteiger partial charge in [-0.05, 0) is 79.9 Å². The van der Waals surface area contributed by atoms with E-state index < -0.39 is 28.5 Å². The molecule has 0 aliphatic heterocycles. The molecule has 0 aliphatic rings. The first-order valence-electron chi connectivity index (χ1n) is 15.2. The number of methoxy groups -OCH3 is 1. The zero-order valence-corrected chi connectivity index (χ0v) is 29.1. The predicted molar refractivity (Wildman–Crippen MR) is 188 cm³/mol. The van der Waals surface area contributed by atoms with Crippen molar-refractivity contribution in [3.63, 3.8) is 0 Å². The molecule has 1 N–H and O–H groups in total. The van der Waals surface area contributed by atoms with Crippen molar-refractivity contribution in [3.8, 4) is 5.75 Å². The van der Waals surface area contributed by atoms with E-state index in [0.29, 0.717) is 33.5 Å². The van der Waals surface area contributed by atoms with Gasteiger partial charge in [-0.3, -0.25) is 13.9 Å². The van der Waals surface area contributed by atoms with Crippen molar-refractivity contribution in [1.82, 2.24) is 10.2 Å². The van der Waals surface area contributed by atoms with Gasteiger partial charge in [0.25, 0.3) is 10.0 Å². The van der Waals surface area contributed by atoms with Gasteiger partial charge in [0.1, 0.15) is 18.3 Å². The summed E-state index contributed by atoms with van der Waals surface area (Å²) < 4.78 is 34.7. The fourth-order valence-corrected chi connectivity index (χ4v) is 6.83. The number of hydrogen-bond donors (Lipinski definition) is 1. The molecule has 8 nitrogen and oxygen atoms in total. The van der Waals surface area contributed by atoms with Crippen molar-refractivity contribution in [1.29, 1.82) is 0 Å². The van der Waals surface area contributed by atoms with Crippen LogP contribution in [0.1, 0.15) is 37.0 Å². The molecule has 0 saturated carbocycles. The molecule has 0 heterocycles. The largest absolute Gasteiger partial charge is 0.497 e. The highest BCUT2D eigenvalue weighted by atomic mass is 35.5.